The van der Waals surface area contributed by atoms with Crippen molar-refractivity contribution >= 4 is 29.9 Å². The zero-order chi connectivity index (χ0) is 16.3. The number of hydrogen-bond acceptors (Lipinski definition) is 5. The van der Waals surface area contributed by atoms with Crippen LogP contribution < -0.4 is 10.1 Å². The Morgan fingerprint density at radius 1 is 1.36 bits per heavy atom. The summed E-state index contributed by atoms with van der Waals surface area (Å²) in [4.78, 5) is 46.2. The first-order valence-corrected chi connectivity index (χ1v) is 6.18. The summed E-state index contributed by atoms with van der Waals surface area (Å²) in [5.41, 5.74) is 0.265. The van der Waals surface area contributed by atoms with Gasteiger partial charge in [0.1, 0.15) is 11.3 Å². The molecular weight excluding hydrogens is 292 g/mol. The molecule has 0 radical (unpaired) electrons. The van der Waals surface area contributed by atoms with Gasteiger partial charge in [-0.2, -0.15) is 0 Å². The summed E-state index contributed by atoms with van der Waals surface area (Å²) < 4.78 is 5.01. The molecule has 1 saturated heterocycles. The fourth-order valence-electron chi connectivity index (χ4n) is 1.75. The number of nitrogens with zero attached hydrogens (tertiary/aromatic N) is 1. The average Bonchev–Trinajstić information content (AvgIpc) is 2.48. The highest BCUT2D eigenvalue weighted by Crippen LogP contribution is 2.18. The maximum atomic E-state index is 11.9. The average molecular weight is 304 g/mol. The first-order chi connectivity index (χ1) is 10.4. The van der Waals surface area contributed by atoms with Gasteiger partial charge in [-0.15, -0.1) is 0 Å². The molecule has 0 aliphatic carbocycles. The highest BCUT2D eigenvalue weighted by molar-refractivity contribution is 6.30. The van der Waals surface area contributed by atoms with Crippen molar-refractivity contribution in [2.24, 2.45) is 0 Å². The lowest BCUT2D eigenvalue weighted by Gasteiger charge is -2.22. The second-order valence-electron chi connectivity index (χ2n) is 4.44. The summed E-state index contributed by atoms with van der Waals surface area (Å²) in [7, 11) is 1.25. The first kappa shape index (κ1) is 15.2. The number of aliphatic carboxylic acids is 1. The number of imide groups is 2. The second-order valence-corrected chi connectivity index (χ2v) is 4.44. The summed E-state index contributed by atoms with van der Waals surface area (Å²) in [6.07, 6.45) is 1.30. The molecule has 8 heteroatoms. The maximum Gasteiger partial charge on any atom is 0.341 e. The van der Waals surface area contributed by atoms with E-state index >= 15 is 0 Å². The molecule has 1 fully saturated rings. The van der Waals surface area contributed by atoms with Crippen LogP contribution in [0, 0.1) is 0 Å². The molecule has 114 valence electrons. The Kier molecular flexibility index (Phi) is 4.21. The molecule has 1 aromatic carbocycles. The number of likely N-dealkylation sites (N-methyl/N-ethyl adjacent to an activating group) is 1. The molecule has 0 spiro atoms. The van der Waals surface area contributed by atoms with Crippen LogP contribution in [0.1, 0.15) is 5.56 Å². The molecule has 0 bridgehead atoms. The van der Waals surface area contributed by atoms with Crippen LogP contribution >= 0.6 is 0 Å². The van der Waals surface area contributed by atoms with Crippen molar-refractivity contribution in [1.29, 1.82) is 0 Å². The van der Waals surface area contributed by atoms with E-state index in [1.807, 2.05) is 5.32 Å². The topological polar surface area (TPSA) is 113 Å². The number of benzene rings is 1. The van der Waals surface area contributed by atoms with E-state index in [9.17, 15) is 19.2 Å². The SMILES string of the molecule is CN1C(=O)NC(=O)C(=Cc2cccc(OCC(=O)O)c2)C1=O. The fourth-order valence-corrected chi connectivity index (χ4v) is 1.75. The molecule has 1 aliphatic heterocycles. The summed E-state index contributed by atoms with van der Waals surface area (Å²) in [6.45, 7) is -0.503. The van der Waals surface area contributed by atoms with Crippen molar-refractivity contribution in [2.45, 2.75) is 0 Å². The minimum absolute atomic E-state index is 0.197. The molecule has 4 amide bonds. The largest absolute Gasteiger partial charge is 0.482 e. The molecule has 0 unspecified atom stereocenters. The Morgan fingerprint density at radius 2 is 2.09 bits per heavy atom. The number of rotatable bonds is 4. The van der Waals surface area contributed by atoms with E-state index in [2.05, 4.69) is 0 Å². The van der Waals surface area contributed by atoms with Gasteiger partial charge in [0.05, 0.1) is 0 Å². The van der Waals surface area contributed by atoms with Crippen molar-refractivity contribution in [3.8, 4) is 5.75 Å². The molecule has 8 nitrogen and oxygen atoms in total. The summed E-state index contributed by atoms with van der Waals surface area (Å²) in [6, 6.07) is 5.43. The molecule has 1 heterocycles. The number of carbonyl (C=O) groups is 4. The number of urea groups is 1. The number of hydrogen-bond donors (Lipinski definition) is 2. The molecule has 0 aromatic heterocycles. The Bertz CT molecular complexity index is 694. The van der Waals surface area contributed by atoms with E-state index in [-0.39, 0.29) is 11.3 Å². The number of carboxylic acid groups (broad SMARTS) is 1. The molecule has 1 aliphatic rings. The van der Waals surface area contributed by atoms with E-state index in [1.165, 1.54) is 19.2 Å². The molecular formula is C14H12N2O6. The lowest BCUT2D eigenvalue weighted by molar-refractivity contribution is -0.139. The minimum Gasteiger partial charge on any atom is -0.482 e. The number of carboxylic acids is 1. The lowest BCUT2D eigenvalue weighted by Crippen LogP contribution is -2.52. The van der Waals surface area contributed by atoms with Gasteiger partial charge in [0.2, 0.25) is 0 Å². The van der Waals surface area contributed by atoms with Crippen molar-refractivity contribution < 1.29 is 29.0 Å². The van der Waals surface area contributed by atoms with Gasteiger partial charge in [-0.25, -0.2) is 9.59 Å². The maximum absolute atomic E-state index is 11.9. The van der Waals surface area contributed by atoms with E-state index in [0.29, 0.717) is 5.56 Å². The normalized spacial score (nSPS) is 16.7. The highest BCUT2D eigenvalue weighted by Gasteiger charge is 2.32. The zero-order valence-electron chi connectivity index (χ0n) is 11.5. The van der Waals surface area contributed by atoms with Gasteiger partial charge in [-0.05, 0) is 23.8 Å². The Hall–Kier alpha value is -3.16. The Balaban J connectivity index is 2.26. The summed E-state index contributed by atoms with van der Waals surface area (Å²) >= 11 is 0. The van der Waals surface area contributed by atoms with Crippen LogP contribution in [0.15, 0.2) is 29.8 Å². The van der Waals surface area contributed by atoms with E-state index in [4.69, 9.17) is 9.84 Å². The second kappa shape index (κ2) is 6.08. The summed E-state index contributed by atoms with van der Waals surface area (Å²) in [5.74, 6) is -2.34. The quantitative estimate of drug-likeness (QED) is 0.608. The van der Waals surface area contributed by atoms with Crippen LogP contribution in [0.5, 0.6) is 5.75 Å². The minimum atomic E-state index is -1.12. The van der Waals surface area contributed by atoms with Crippen LogP contribution in [0.4, 0.5) is 4.79 Å². The van der Waals surface area contributed by atoms with E-state index in [0.717, 1.165) is 4.90 Å². The third kappa shape index (κ3) is 3.29. The monoisotopic (exact) mass is 304 g/mol. The first-order valence-electron chi connectivity index (χ1n) is 6.18. The number of ether oxygens (including phenoxy) is 1. The summed E-state index contributed by atoms with van der Waals surface area (Å²) in [5, 5.41) is 10.6. The standard InChI is InChI=1S/C14H12N2O6/c1-16-13(20)10(12(19)15-14(16)21)6-8-3-2-4-9(5-8)22-7-11(17)18/h2-6H,7H2,1H3,(H,17,18)(H,15,19,21). The van der Waals surface area contributed by atoms with Crippen molar-refractivity contribution in [2.75, 3.05) is 13.7 Å². The van der Waals surface area contributed by atoms with Crippen LogP contribution in [-0.4, -0.2) is 47.5 Å². The Labute approximate surface area is 125 Å². The predicted molar refractivity (Wildman–Crippen MR) is 73.9 cm³/mol. The van der Waals surface area contributed by atoms with Gasteiger partial charge in [0, 0.05) is 7.05 Å². The molecule has 2 rings (SSSR count). The molecule has 2 N–H and O–H groups in total. The van der Waals surface area contributed by atoms with Crippen molar-refractivity contribution in [1.82, 2.24) is 10.2 Å². The zero-order valence-corrected chi connectivity index (χ0v) is 11.5. The van der Waals surface area contributed by atoms with Crippen LogP contribution in [0.25, 0.3) is 6.08 Å². The molecule has 1 aromatic rings. The fraction of sp³-hybridized carbons (Fsp3) is 0.143. The number of barbiturate groups is 1. The molecule has 22 heavy (non-hydrogen) atoms. The van der Waals surface area contributed by atoms with Gasteiger partial charge in [-0.3, -0.25) is 19.8 Å². The predicted octanol–water partition coefficient (Wildman–Crippen LogP) is 0.242. The van der Waals surface area contributed by atoms with Gasteiger partial charge >= 0.3 is 12.0 Å². The third-order valence-corrected chi connectivity index (χ3v) is 2.84. The number of nitrogens with one attached hydrogen (secondary N) is 1. The van der Waals surface area contributed by atoms with Gasteiger partial charge < -0.3 is 9.84 Å². The van der Waals surface area contributed by atoms with E-state index in [1.54, 1.807) is 18.2 Å². The molecule has 0 saturated carbocycles. The van der Waals surface area contributed by atoms with Crippen LogP contribution in [-0.2, 0) is 14.4 Å². The molecule has 0 atom stereocenters. The number of amides is 4. The van der Waals surface area contributed by atoms with Gasteiger partial charge in [-0.1, -0.05) is 12.1 Å². The smallest absolute Gasteiger partial charge is 0.341 e. The van der Waals surface area contributed by atoms with E-state index < -0.39 is 30.4 Å². The Morgan fingerprint density at radius 3 is 2.77 bits per heavy atom. The van der Waals surface area contributed by atoms with Crippen LogP contribution in [0.3, 0.4) is 0 Å². The lowest BCUT2D eigenvalue weighted by atomic mass is 10.1. The number of carbonyl (C=O) groups excluding carboxylic acids is 3. The van der Waals surface area contributed by atoms with Crippen molar-refractivity contribution in [3.05, 3.63) is 35.4 Å². The highest BCUT2D eigenvalue weighted by atomic mass is 16.5. The van der Waals surface area contributed by atoms with Gasteiger partial charge in [0.15, 0.2) is 6.61 Å². The van der Waals surface area contributed by atoms with Gasteiger partial charge in [0.25, 0.3) is 11.8 Å². The van der Waals surface area contributed by atoms with Crippen LogP contribution in [0.2, 0.25) is 0 Å². The third-order valence-electron chi connectivity index (χ3n) is 2.84. The van der Waals surface area contributed by atoms with Crippen molar-refractivity contribution in [3.63, 3.8) is 0 Å².